The van der Waals surface area contributed by atoms with Gasteiger partial charge in [-0.3, -0.25) is 0 Å². The van der Waals surface area contributed by atoms with Crippen molar-refractivity contribution in [2.45, 2.75) is 19.9 Å². The fraction of sp³-hybridized carbons (Fsp3) is 0.571. The van der Waals surface area contributed by atoms with Crippen LogP contribution in [-0.2, 0) is 0 Å². The molecule has 94 valence electrons. The molecular formula is C14H22N2O. The SMILES string of the molecule is Cc1cccc(N2CC(C)CNC(CO)C2)c1. The highest BCUT2D eigenvalue weighted by molar-refractivity contribution is 5.48. The summed E-state index contributed by atoms with van der Waals surface area (Å²) in [7, 11) is 0. The van der Waals surface area contributed by atoms with Crippen LogP contribution in [0.1, 0.15) is 12.5 Å². The summed E-state index contributed by atoms with van der Waals surface area (Å²) in [4.78, 5) is 2.37. The van der Waals surface area contributed by atoms with E-state index in [4.69, 9.17) is 0 Å². The molecule has 1 aromatic rings. The summed E-state index contributed by atoms with van der Waals surface area (Å²) in [5.74, 6) is 0.604. The van der Waals surface area contributed by atoms with Gasteiger partial charge in [-0.25, -0.2) is 0 Å². The average Bonchev–Trinajstić information content (AvgIpc) is 2.51. The number of hydrogen-bond donors (Lipinski definition) is 2. The minimum atomic E-state index is 0.181. The zero-order chi connectivity index (χ0) is 12.3. The predicted molar refractivity (Wildman–Crippen MR) is 71.4 cm³/mol. The highest BCUT2D eigenvalue weighted by Crippen LogP contribution is 2.19. The van der Waals surface area contributed by atoms with Crippen LogP contribution in [0.2, 0.25) is 0 Å². The standard InChI is InChI=1S/C14H22N2O/c1-11-4-3-5-14(6-11)16-8-12(2)7-15-13(9-16)10-17/h3-6,12-13,15,17H,7-10H2,1-2H3. The Morgan fingerprint density at radius 3 is 2.94 bits per heavy atom. The van der Waals surface area contributed by atoms with E-state index >= 15 is 0 Å². The van der Waals surface area contributed by atoms with Gasteiger partial charge < -0.3 is 15.3 Å². The van der Waals surface area contributed by atoms with E-state index in [1.807, 2.05) is 0 Å². The molecule has 17 heavy (non-hydrogen) atoms. The highest BCUT2D eigenvalue weighted by Gasteiger charge is 2.20. The Labute approximate surface area is 103 Å². The van der Waals surface area contributed by atoms with E-state index in [0.29, 0.717) is 5.92 Å². The fourth-order valence-electron chi connectivity index (χ4n) is 2.37. The molecule has 1 aromatic carbocycles. The molecule has 0 aromatic heterocycles. The highest BCUT2D eigenvalue weighted by atomic mass is 16.3. The maximum Gasteiger partial charge on any atom is 0.0601 e. The molecule has 0 amide bonds. The lowest BCUT2D eigenvalue weighted by atomic mass is 10.1. The lowest BCUT2D eigenvalue weighted by Crippen LogP contribution is -2.40. The number of nitrogens with one attached hydrogen (secondary N) is 1. The van der Waals surface area contributed by atoms with E-state index in [1.54, 1.807) is 0 Å². The third-order valence-electron chi connectivity index (χ3n) is 3.32. The minimum Gasteiger partial charge on any atom is -0.395 e. The zero-order valence-corrected chi connectivity index (χ0v) is 10.7. The van der Waals surface area contributed by atoms with Gasteiger partial charge in [0.2, 0.25) is 0 Å². The van der Waals surface area contributed by atoms with E-state index < -0.39 is 0 Å². The molecule has 2 rings (SSSR count). The normalized spacial score (nSPS) is 25.7. The number of aryl methyl sites for hydroxylation is 1. The topological polar surface area (TPSA) is 35.5 Å². The van der Waals surface area contributed by atoms with Crippen LogP contribution in [0.15, 0.2) is 24.3 Å². The van der Waals surface area contributed by atoms with Crippen LogP contribution in [0.5, 0.6) is 0 Å². The van der Waals surface area contributed by atoms with Crippen LogP contribution >= 0.6 is 0 Å². The van der Waals surface area contributed by atoms with Crippen LogP contribution < -0.4 is 10.2 Å². The first-order valence-corrected chi connectivity index (χ1v) is 6.35. The molecule has 0 aliphatic carbocycles. The number of aliphatic hydroxyl groups is 1. The molecule has 0 radical (unpaired) electrons. The minimum absolute atomic E-state index is 0.181. The van der Waals surface area contributed by atoms with Crippen molar-refractivity contribution in [1.82, 2.24) is 5.32 Å². The van der Waals surface area contributed by atoms with E-state index in [-0.39, 0.29) is 12.6 Å². The van der Waals surface area contributed by atoms with Gasteiger partial charge in [-0.05, 0) is 37.1 Å². The van der Waals surface area contributed by atoms with E-state index in [0.717, 1.165) is 19.6 Å². The van der Waals surface area contributed by atoms with Gasteiger partial charge in [0.05, 0.1) is 6.61 Å². The van der Waals surface area contributed by atoms with Crippen molar-refractivity contribution < 1.29 is 5.11 Å². The second-order valence-corrected chi connectivity index (χ2v) is 5.14. The lowest BCUT2D eigenvalue weighted by molar-refractivity contribution is 0.247. The van der Waals surface area contributed by atoms with Crippen molar-refractivity contribution in [3.63, 3.8) is 0 Å². The maximum absolute atomic E-state index is 9.33. The second kappa shape index (κ2) is 5.52. The Morgan fingerprint density at radius 1 is 1.41 bits per heavy atom. The van der Waals surface area contributed by atoms with Crippen molar-refractivity contribution in [3.05, 3.63) is 29.8 Å². The molecule has 0 saturated carbocycles. The van der Waals surface area contributed by atoms with Crippen molar-refractivity contribution in [2.24, 2.45) is 5.92 Å². The average molecular weight is 234 g/mol. The lowest BCUT2D eigenvalue weighted by Gasteiger charge is -2.27. The monoisotopic (exact) mass is 234 g/mol. The summed E-state index contributed by atoms with van der Waals surface area (Å²) in [6, 6.07) is 8.76. The zero-order valence-electron chi connectivity index (χ0n) is 10.7. The van der Waals surface area contributed by atoms with Crippen LogP contribution in [-0.4, -0.2) is 37.4 Å². The molecule has 2 unspecified atom stereocenters. The summed E-state index contributed by atoms with van der Waals surface area (Å²) in [6.45, 7) is 7.47. The largest absolute Gasteiger partial charge is 0.395 e. The summed E-state index contributed by atoms with van der Waals surface area (Å²) in [5.41, 5.74) is 2.55. The smallest absolute Gasteiger partial charge is 0.0601 e. The van der Waals surface area contributed by atoms with Gasteiger partial charge >= 0.3 is 0 Å². The molecule has 3 nitrogen and oxygen atoms in total. The Bertz CT molecular complexity index is 367. The molecule has 1 fully saturated rings. The maximum atomic E-state index is 9.33. The van der Waals surface area contributed by atoms with Gasteiger partial charge in [0, 0.05) is 24.8 Å². The van der Waals surface area contributed by atoms with Crippen molar-refractivity contribution in [2.75, 3.05) is 31.1 Å². The van der Waals surface area contributed by atoms with E-state index in [2.05, 4.69) is 48.3 Å². The van der Waals surface area contributed by atoms with Gasteiger partial charge in [-0.2, -0.15) is 0 Å². The third kappa shape index (κ3) is 3.20. The Morgan fingerprint density at radius 2 is 2.24 bits per heavy atom. The van der Waals surface area contributed by atoms with E-state index in [9.17, 15) is 5.11 Å². The molecule has 1 aliphatic heterocycles. The first-order chi connectivity index (χ1) is 8.19. The summed E-state index contributed by atoms with van der Waals surface area (Å²) in [5, 5.41) is 12.7. The molecular weight excluding hydrogens is 212 g/mol. The number of benzene rings is 1. The first-order valence-electron chi connectivity index (χ1n) is 6.35. The van der Waals surface area contributed by atoms with Crippen LogP contribution in [0, 0.1) is 12.8 Å². The molecule has 3 heteroatoms. The van der Waals surface area contributed by atoms with Crippen molar-refractivity contribution in [3.8, 4) is 0 Å². The van der Waals surface area contributed by atoms with Crippen LogP contribution in [0.25, 0.3) is 0 Å². The Balaban J connectivity index is 2.17. The Hall–Kier alpha value is -1.06. The number of anilines is 1. The second-order valence-electron chi connectivity index (χ2n) is 5.14. The molecule has 1 heterocycles. The quantitative estimate of drug-likeness (QED) is 0.812. The van der Waals surface area contributed by atoms with Crippen LogP contribution in [0.3, 0.4) is 0 Å². The van der Waals surface area contributed by atoms with Crippen molar-refractivity contribution >= 4 is 5.69 Å². The van der Waals surface area contributed by atoms with Crippen molar-refractivity contribution in [1.29, 1.82) is 0 Å². The molecule has 0 bridgehead atoms. The van der Waals surface area contributed by atoms with E-state index in [1.165, 1.54) is 11.3 Å². The van der Waals surface area contributed by atoms with Gasteiger partial charge in [-0.1, -0.05) is 19.1 Å². The van der Waals surface area contributed by atoms with Gasteiger partial charge in [0.15, 0.2) is 0 Å². The van der Waals surface area contributed by atoms with Gasteiger partial charge in [-0.15, -0.1) is 0 Å². The number of hydrogen-bond acceptors (Lipinski definition) is 3. The molecule has 1 saturated heterocycles. The van der Waals surface area contributed by atoms with Crippen LogP contribution in [0.4, 0.5) is 5.69 Å². The molecule has 2 N–H and O–H groups in total. The number of nitrogens with zero attached hydrogens (tertiary/aromatic N) is 1. The Kier molecular flexibility index (Phi) is 4.02. The predicted octanol–water partition coefficient (Wildman–Crippen LogP) is 1.40. The van der Waals surface area contributed by atoms with Gasteiger partial charge in [0.1, 0.15) is 0 Å². The summed E-state index contributed by atoms with van der Waals surface area (Å²) >= 11 is 0. The first kappa shape index (κ1) is 12.4. The summed E-state index contributed by atoms with van der Waals surface area (Å²) < 4.78 is 0. The molecule has 0 spiro atoms. The molecule has 1 aliphatic rings. The third-order valence-corrected chi connectivity index (χ3v) is 3.32. The fourth-order valence-corrected chi connectivity index (χ4v) is 2.37. The number of aliphatic hydroxyl groups excluding tert-OH is 1. The number of rotatable bonds is 2. The van der Waals surface area contributed by atoms with Gasteiger partial charge in [0.25, 0.3) is 0 Å². The molecule has 2 atom stereocenters. The summed E-state index contributed by atoms with van der Waals surface area (Å²) in [6.07, 6.45) is 0.